The smallest absolute Gasteiger partial charge is 0.406 e. The Hall–Kier alpha value is -1.69. The number of oxazole rings is 1. The third-order valence-corrected chi connectivity index (χ3v) is 2.77. The largest absolute Gasteiger partial charge is 0.421 e. The van der Waals surface area contributed by atoms with Gasteiger partial charge < -0.3 is 10.2 Å². The summed E-state index contributed by atoms with van der Waals surface area (Å²) >= 11 is 4.87. The van der Waals surface area contributed by atoms with Crippen molar-refractivity contribution < 1.29 is 4.42 Å². The summed E-state index contributed by atoms with van der Waals surface area (Å²) in [4.78, 5) is 16.0. The van der Waals surface area contributed by atoms with Crippen LogP contribution in [0.1, 0.15) is 6.92 Å². The van der Waals surface area contributed by atoms with Crippen molar-refractivity contribution in [2.24, 2.45) is 11.7 Å². The van der Waals surface area contributed by atoms with E-state index >= 15 is 0 Å². The zero-order valence-corrected chi connectivity index (χ0v) is 9.53. The first kappa shape index (κ1) is 10.8. The summed E-state index contributed by atoms with van der Waals surface area (Å²) in [5.74, 6) is -0.507. The molecule has 0 saturated heterocycles. The van der Waals surface area contributed by atoms with E-state index in [0.29, 0.717) is 22.8 Å². The van der Waals surface area contributed by atoms with Crippen molar-refractivity contribution >= 4 is 28.4 Å². The van der Waals surface area contributed by atoms with Gasteiger partial charge in [0.25, 0.3) is 0 Å². The minimum atomic E-state index is -0.434. The lowest BCUT2D eigenvalue weighted by molar-refractivity contribution is 0.485. The second-order valence-corrected chi connectivity index (χ2v) is 4.08. The fourth-order valence-corrected chi connectivity index (χ4v) is 1.50. The molecule has 0 amide bonds. The average molecular weight is 237 g/mol. The predicted molar refractivity (Wildman–Crippen MR) is 64.2 cm³/mol. The van der Waals surface area contributed by atoms with Crippen LogP contribution in [-0.2, 0) is 6.54 Å². The molecule has 0 bridgehead atoms. The van der Waals surface area contributed by atoms with E-state index in [9.17, 15) is 4.79 Å². The maximum atomic E-state index is 11.6. The van der Waals surface area contributed by atoms with Gasteiger partial charge in [-0.15, -0.1) is 0 Å². The second-order valence-electron chi connectivity index (χ2n) is 3.61. The number of hydrogen-bond donors (Lipinski definition) is 1. The third kappa shape index (κ3) is 1.83. The van der Waals surface area contributed by atoms with Crippen LogP contribution in [0.15, 0.2) is 27.5 Å². The summed E-state index contributed by atoms with van der Waals surface area (Å²) in [6.45, 7) is 2.24. The molecule has 5 nitrogen and oxygen atoms in total. The molecule has 2 rings (SSSR count). The highest BCUT2D eigenvalue weighted by Gasteiger charge is 2.14. The Morgan fingerprint density at radius 2 is 2.50 bits per heavy atom. The summed E-state index contributed by atoms with van der Waals surface area (Å²) < 4.78 is 6.48. The van der Waals surface area contributed by atoms with E-state index in [-0.39, 0.29) is 5.92 Å². The van der Waals surface area contributed by atoms with Crippen molar-refractivity contribution in [1.29, 1.82) is 0 Å². The molecule has 0 aliphatic heterocycles. The van der Waals surface area contributed by atoms with E-state index in [1.807, 2.05) is 6.92 Å². The number of hydrogen-bond acceptors (Lipinski definition) is 4. The quantitative estimate of drug-likeness (QED) is 0.803. The zero-order chi connectivity index (χ0) is 11.7. The van der Waals surface area contributed by atoms with E-state index < -0.39 is 5.76 Å². The summed E-state index contributed by atoms with van der Waals surface area (Å²) in [5, 5.41) is 0. The molecule has 84 valence electrons. The third-order valence-electron chi connectivity index (χ3n) is 2.37. The standard InChI is InChI=1S/C10H11N3O2S/c1-6(8(11)16)5-13-9-7(15-10(13)14)3-2-4-12-9/h2-4,6H,5H2,1H3,(H2,11,16). The van der Waals surface area contributed by atoms with Gasteiger partial charge in [0.15, 0.2) is 11.2 Å². The van der Waals surface area contributed by atoms with Gasteiger partial charge >= 0.3 is 5.76 Å². The number of nitrogens with zero attached hydrogens (tertiary/aromatic N) is 2. The number of aromatic nitrogens is 2. The van der Waals surface area contributed by atoms with Crippen LogP contribution < -0.4 is 11.5 Å². The molecule has 1 atom stereocenters. The average Bonchev–Trinajstić information content (AvgIpc) is 2.55. The van der Waals surface area contributed by atoms with E-state index in [0.717, 1.165) is 0 Å². The highest BCUT2D eigenvalue weighted by Crippen LogP contribution is 2.10. The first-order valence-electron chi connectivity index (χ1n) is 4.83. The highest BCUT2D eigenvalue weighted by molar-refractivity contribution is 7.80. The molecule has 0 saturated carbocycles. The molecular formula is C10H11N3O2S. The van der Waals surface area contributed by atoms with Crippen molar-refractivity contribution in [2.75, 3.05) is 0 Å². The van der Waals surface area contributed by atoms with Gasteiger partial charge in [-0.25, -0.2) is 9.78 Å². The zero-order valence-electron chi connectivity index (χ0n) is 8.71. The molecule has 0 radical (unpaired) electrons. The van der Waals surface area contributed by atoms with Crippen molar-refractivity contribution in [3.8, 4) is 0 Å². The lowest BCUT2D eigenvalue weighted by atomic mass is 10.2. The number of fused-ring (bicyclic) bond motifs is 1. The van der Waals surface area contributed by atoms with Gasteiger partial charge in [0.2, 0.25) is 0 Å². The second kappa shape index (κ2) is 4.05. The van der Waals surface area contributed by atoms with E-state index in [1.165, 1.54) is 4.57 Å². The van der Waals surface area contributed by atoms with Crippen molar-refractivity contribution in [2.45, 2.75) is 13.5 Å². The first-order valence-corrected chi connectivity index (χ1v) is 5.24. The Labute approximate surface area is 96.9 Å². The lowest BCUT2D eigenvalue weighted by Gasteiger charge is -2.08. The van der Waals surface area contributed by atoms with Crippen LogP contribution >= 0.6 is 12.2 Å². The van der Waals surface area contributed by atoms with Crippen molar-refractivity contribution in [3.63, 3.8) is 0 Å². The van der Waals surface area contributed by atoms with Crippen molar-refractivity contribution in [1.82, 2.24) is 9.55 Å². The predicted octanol–water partition coefficient (Wildman–Crippen LogP) is 0.912. The topological polar surface area (TPSA) is 74.0 Å². The monoisotopic (exact) mass is 237 g/mol. The van der Waals surface area contributed by atoms with Gasteiger partial charge in [0.05, 0.1) is 4.99 Å². The molecule has 2 aromatic rings. The summed E-state index contributed by atoms with van der Waals surface area (Å²) in [6, 6.07) is 3.41. The molecule has 2 aromatic heterocycles. The Kier molecular flexibility index (Phi) is 2.74. The van der Waals surface area contributed by atoms with Crippen LogP contribution in [-0.4, -0.2) is 14.5 Å². The number of thiocarbonyl (C=S) groups is 1. The SMILES string of the molecule is CC(Cn1c(=O)oc2cccnc21)C(N)=S. The Balaban J connectivity index is 2.48. The van der Waals surface area contributed by atoms with Crippen LogP contribution in [0.25, 0.3) is 11.2 Å². The van der Waals surface area contributed by atoms with Gasteiger partial charge in [-0.3, -0.25) is 4.57 Å². The minimum Gasteiger partial charge on any atom is -0.406 e. The molecule has 0 fully saturated rings. The maximum absolute atomic E-state index is 11.6. The van der Waals surface area contributed by atoms with Crippen LogP contribution in [0, 0.1) is 5.92 Å². The molecule has 1 unspecified atom stereocenters. The normalized spacial score (nSPS) is 12.8. The summed E-state index contributed by atoms with van der Waals surface area (Å²) in [6.07, 6.45) is 1.61. The van der Waals surface area contributed by atoms with Gasteiger partial charge in [-0.05, 0) is 12.1 Å². The molecule has 0 spiro atoms. The van der Waals surface area contributed by atoms with Gasteiger partial charge in [0.1, 0.15) is 0 Å². The fraction of sp³-hybridized carbons (Fsp3) is 0.300. The number of rotatable bonds is 3. The molecular weight excluding hydrogens is 226 g/mol. The Morgan fingerprint density at radius 1 is 1.75 bits per heavy atom. The molecule has 16 heavy (non-hydrogen) atoms. The minimum absolute atomic E-state index is 0.0736. The number of nitrogens with two attached hydrogens (primary N) is 1. The van der Waals surface area contributed by atoms with Gasteiger partial charge in [-0.1, -0.05) is 19.1 Å². The molecule has 0 aliphatic rings. The molecule has 0 aliphatic carbocycles. The molecule has 2 heterocycles. The first-order chi connectivity index (χ1) is 7.59. The number of pyridine rings is 1. The van der Waals surface area contributed by atoms with Crippen LogP contribution in [0.3, 0.4) is 0 Å². The Bertz CT molecular complexity index is 587. The van der Waals surface area contributed by atoms with Gasteiger partial charge in [-0.2, -0.15) is 0 Å². The summed E-state index contributed by atoms with van der Waals surface area (Å²) in [7, 11) is 0. The van der Waals surface area contributed by atoms with E-state index in [1.54, 1.807) is 18.3 Å². The van der Waals surface area contributed by atoms with Crippen LogP contribution in [0.2, 0.25) is 0 Å². The maximum Gasteiger partial charge on any atom is 0.421 e. The summed E-state index contributed by atoms with van der Waals surface area (Å²) in [5.41, 5.74) is 6.51. The van der Waals surface area contributed by atoms with Crippen molar-refractivity contribution in [3.05, 3.63) is 28.9 Å². The lowest BCUT2D eigenvalue weighted by Crippen LogP contribution is -2.27. The molecule has 0 aromatic carbocycles. The van der Waals surface area contributed by atoms with Crippen LogP contribution in [0.5, 0.6) is 0 Å². The highest BCUT2D eigenvalue weighted by atomic mass is 32.1. The van der Waals surface area contributed by atoms with E-state index in [2.05, 4.69) is 4.98 Å². The Morgan fingerprint density at radius 3 is 3.19 bits per heavy atom. The molecule has 2 N–H and O–H groups in total. The fourth-order valence-electron chi connectivity index (χ4n) is 1.43. The van der Waals surface area contributed by atoms with Crippen LogP contribution in [0.4, 0.5) is 0 Å². The molecule has 6 heteroatoms. The van der Waals surface area contributed by atoms with E-state index in [4.69, 9.17) is 22.4 Å². The van der Waals surface area contributed by atoms with Gasteiger partial charge in [0, 0.05) is 18.7 Å².